The minimum absolute atomic E-state index is 0. The fraction of sp³-hybridized carbons (Fsp3) is 0.310. The van der Waals surface area contributed by atoms with Gasteiger partial charge in [-0.05, 0) is 80.9 Å². The van der Waals surface area contributed by atoms with Crippen LogP contribution in [-0.2, 0) is 21.1 Å². The normalized spacial score (nSPS) is 11.2. The monoisotopic (exact) mass is 1080 g/mol. The minimum Gasteiger partial charge on any atom is -0.701 e. The molecule has 0 atom stereocenters. The van der Waals surface area contributed by atoms with E-state index < -0.39 is 32.0 Å². The molecule has 0 saturated heterocycles. The van der Waals surface area contributed by atoms with Crippen molar-refractivity contribution in [3.63, 3.8) is 0 Å². The smallest absolute Gasteiger partial charge is 0.701 e. The molecule has 5 heteroatoms. The van der Waals surface area contributed by atoms with Crippen molar-refractivity contribution in [2.24, 2.45) is 0 Å². The van der Waals surface area contributed by atoms with E-state index in [0.717, 1.165) is 0 Å². The predicted octanol–water partition coefficient (Wildman–Crippen LogP) is 14.5. The van der Waals surface area contributed by atoms with Crippen LogP contribution in [0.15, 0.2) is 182 Å². The zero-order valence-electron chi connectivity index (χ0n) is 40.0. The van der Waals surface area contributed by atoms with Crippen LogP contribution in [0.25, 0.3) is 0 Å². The summed E-state index contributed by atoms with van der Waals surface area (Å²) in [7, 11) is -4.06. The topological polar surface area (TPSA) is 0 Å². The van der Waals surface area contributed by atoms with Gasteiger partial charge in [0, 0.05) is 0 Å². The summed E-state index contributed by atoms with van der Waals surface area (Å²) in [5.41, 5.74) is 9.61. The van der Waals surface area contributed by atoms with Crippen molar-refractivity contribution in [2.75, 3.05) is 0 Å². The molecule has 0 bridgehead atoms. The van der Waals surface area contributed by atoms with E-state index in [9.17, 15) is 0 Å². The third kappa shape index (κ3) is 15.3. The first-order valence-corrected chi connectivity index (χ1v) is 29.6. The van der Waals surface area contributed by atoms with Crippen molar-refractivity contribution in [1.29, 1.82) is 0 Å². The number of hydrogen-bond donors (Lipinski definition) is 0. The fourth-order valence-electron chi connectivity index (χ4n) is 9.22. The van der Waals surface area contributed by atoms with Crippen molar-refractivity contribution >= 4 is 63.8 Å². The molecule has 0 aromatic heterocycles. The molecule has 0 aliphatic carbocycles. The Hall–Kier alpha value is -3.58. The summed E-state index contributed by atoms with van der Waals surface area (Å²) in [5, 5.41) is 8.39. The van der Waals surface area contributed by atoms with Crippen molar-refractivity contribution in [1.82, 2.24) is 0 Å². The van der Waals surface area contributed by atoms with Crippen molar-refractivity contribution in [3.8, 4) is 11.1 Å². The molecule has 63 heavy (non-hydrogen) atoms. The van der Waals surface area contributed by atoms with Crippen LogP contribution in [0.1, 0.15) is 83.1 Å². The van der Waals surface area contributed by atoms with Crippen LogP contribution in [0.3, 0.4) is 0 Å². The molecule has 0 N–H and O–H groups in total. The second-order valence-corrected chi connectivity index (χ2v) is 33.3. The molecule has 0 aliphatic heterocycles. The van der Waals surface area contributed by atoms with Gasteiger partial charge in [-0.1, -0.05) is 265 Å². The summed E-state index contributed by atoms with van der Waals surface area (Å²) in [6, 6.07) is 64.7. The van der Waals surface area contributed by atoms with E-state index in [1.54, 1.807) is 0 Å². The summed E-state index contributed by atoms with van der Waals surface area (Å²) < 4.78 is 0. The average Bonchev–Trinajstić information content (AvgIpc) is 3.27. The predicted molar refractivity (Wildman–Crippen MR) is 287 cm³/mol. The van der Waals surface area contributed by atoms with E-state index in [1.807, 2.05) is 0 Å². The van der Waals surface area contributed by atoms with Crippen LogP contribution >= 0.6 is 15.8 Å². The van der Waals surface area contributed by atoms with Crippen LogP contribution in [0.5, 0.6) is 0 Å². The molecule has 0 heterocycles. The third-order valence-corrected chi connectivity index (χ3v) is 29.5. The molecule has 6 rings (SSSR count). The van der Waals surface area contributed by atoms with Gasteiger partial charge >= 0.3 is 21.1 Å². The van der Waals surface area contributed by atoms with Gasteiger partial charge in [-0.2, -0.15) is 0 Å². The maximum atomic E-state index is 7.51. The van der Waals surface area contributed by atoms with E-state index in [2.05, 4.69) is 276 Å². The minimum atomic E-state index is -1.58. The molecule has 6 aromatic carbocycles. The van der Waals surface area contributed by atoms with Gasteiger partial charge in [0.2, 0.25) is 0 Å². The van der Waals surface area contributed by atoms with Crippen LogP contribution in [0.4, 0.5) is 0 Å². The van der Waals surface area contributed by atoms with Gasteiger partial charge in [0.15, 0.2) is 0 Å². The Morgan fingerprint density at radius 1 is 0.286 bits per heavy atom. The molecular weight excluding hydrogens is 1010 g/mol. The Balaban J connectivity index is 0.000000296. The van der Waals surface area contributed by atoms with E-state index in [4.69, 9.17) is 12.8 Å². The second kappa shape index (κ2) is 28.4. The Labute approximate surface area is 404 Å². The maximum Gasteiger partial charge on any atom is 2.00 e. The van der Waals surface area contributed by atoms with Gasteiger partial charge in [0.05, 0.1) is 16.1 Å². The molecule has 332 valence electrons. The number of hydrogen-bond acceptors (Lipinski definition) is 0. The zero-order chi connectivity index (χ0) is 45.7. The van der Waals surface area contributed by atoms with Gasteiger partial charge in [0.1, 0.15) is 0 Å². The molecule has 0 nitrogen and oxygen atoms in total. The number of rotatable bonds is 12. The van der Waals surface area contributed by atoms with E-state index in [-0.39, 0.29) is 21.1 Å². The third-order valence-electron chi connectivity index (χ3n) is 12.3. The zero-order valence-corrected chi connectivity index (χ0v) is 46.1. The Morgan fingerprint density at radius 3 is 0.492 bits per heavy atom. The van der Waals surface area contributed by atoms with E-state index >= 15 is 0 Å². The summed E-state index contributed by atoms with van der Waals surface area (Å²) in [6.45, 7) is 26.9. The molecule has 0 fully saturated rings. The molecule has 0 aliphatic rings. The molecule has 0 unspecified atom stereocenters. The van der Waals surface area contributed by atoms with Crippen LogP contribution in [0.2, 0.25) is 33.2 Å². The summed E-state index contributed by atoms with van der Waals surface area (Å²) >= 11 is 0. The van der Waals surface area contributed by atoms with Crippen LogP contribution in [-0.4, -0.2) is 16.1 Å². The first-order chi connectivity index (χ1) is 29.7. The summed E-state index contributed by atoms with van der Waals surface area (Å²) in [4.78, 5) is 0. The maximum absolute atomic E-state index is 7.51. The SMILES string of the molecule is [C-]#C[Si](C(C)C)(C(C)C)C(C)C.[C-]#C[Si](C(C)C)(C(C)C)C(C)C.[Pt+2].c1ccc(P(c2ccccc2)c2ccccc2)cc1.c1ccc(P(c2ccccc2)c2ccccc2)cc1. The summed E-state index contributed by atoms with van der Waals surface area (Å²) in [6.07, 6.45) is 15.0. The summed E-state index contributed by atoms with van der Waals surface area (Å²) in [5.74, 6) is 0. The van der Waals surface area contributed by atoms with E-state index in [0.29, 0.717) is 33.2 Å². The molecular formula is C58H72P2PtSi2. The molecule has 0 saturated carbocycles. The number of benzene rings is 6. The quantitative estimate of drug-likeness (QED) is 0.0496. The van der Waals surface area contributed by atoms with Crippen LogP contribution in [0, 0.1) is 23.9 Å². The Bertz CT molecular complexity index is 1790. The van der Waals surface area contributed by atoms with Gasteiger partial charge in [-0.25, -0.2) is 0 Å². The largest absolute Gasteiger partial charge is 2.00 e. The molecule has 0 spiro atoms. The van der Waals surface area contributed by atoms with Gasteiger partial charge in [0.25, 0.3) is 0 Å². The average molecular weight is 1080 g/mol. The van der Waals surface area contributed by atoms with Crippen molar-refractivity contribution in [3.05, 3.63) is 195 Å². The Kier molecular flexibility index (Phi) is 25.0. The fourth-order valence-corrected chi connectivity index (χ4v) is 23.6. The molecule has 0 radical (unpaired) electrons. The van der Waals surface area contributed by atoms with Crippen LogP contribution < -0.4 is 31.8 Å². The van der Waals surface area contributed by atoms with Crippen molar-refractivity contribution in [2.45, 2.75) is 116 Å². The standard InChI is InChI=1S/2C18H15P.2C11H21Si.Pt/c2*1-4-10-16(11-5-1)19(17-12-6-2-7-13-17)18-14-8-3-9-15-18;2*1-8-12(9(2)3,10(4)5)11(6)7;/h2*1-15H;2*9-11H,2-7H3;/q;;2*-1;+2. The first-order valence-electron chi connectivity index (χ1n) is 22.5. The molecule has 0 amide bonds. The Morgan fingerprint density at radius 2 is 0.413 bits per heavy atom. The molecule has 6 aromatic rings. The first kappa shape index (κ1) is 55.6. The second-order valence-electron chi connectivity index (χ2n) is 17.7. The van der Waals surface area contributed by atoms with Gasteiger partial charge < -0.3 is 23.9 Å². The van der Waals surface area contributed by atoms with E-state index in [1.165, 1.54) is 31.8 Å². The van der Waals surface area contributed by atoms with Crippen molar-refractivity contribution < 1.29 is 21.1 Å². The van der Waals surface area contributed by atoms with Gasteiger partial charge in [-0.15, -0.1) is 0 Å². The van der Waals surface area contributed by atoms with Gasteiger partial charge in [-0.3, -0.25) is 0 Å².